The van der Waals surface area contributed by atoms with Crippen LogP contribution in [0.15, 0.2) is 29.6 Å². The average molecular weight is 276 g/mol. The second-order valence-corrected chi connectivity index (χ2v) is 6.39. The summed E-state index contributed by atoms with van der Waals surface area (Å²) in [5.41, 5.74) is 7.77. The predicted molar refractivity (Wildman–Crippen MR) is 79.5 cm³/mol. The highest BCUT2D eigenvalue weighted by atomic mass is 32.1. The van der Waals surface area contributed by atoms with Crippen LogP contribution in [0.1, 0.15) is 37.0 Å². The molecule has 0 unspecified atom stereocenters. The molecule has 0 saturated carbocycles. The lowest BCUT2D eigenvalue weighted by atomic mass is 9.98. The van der Waals surface area contributed by atoms with Crippen LogP contribution in [0.3, 0.4) is 0 Å². The van der Waals surface area contributed by atoms with Gasteiger partial charge in [0, 0.05) is 17.3 Å². The van der Waals surface area contributed by atoms with E-state index >= 15 is 0 Å². The number of nitrogens with two attached hydrogens (primary N) is 1. The third-order valence-corrected chi connectivity index (χ3v) is 4.03. The lowest BCUT2D eigenvalue weighted by Gasteiger charge is -2.13. The molecule has 0 aliphatic rings. The second kappa shape index (κ2) is 5.72. The van der Waals surface area contributed by atoms with Gasteiger partial charge in [-0.2, -0.15) is 0 Å². The van der Waals surface area contributed by atoms with Crippen molar-refractivity contribution in [3.8, 4) is 5.75 Å². The normalized spacial score (nSPS) is 11.6. The Hall–Kier alpha value is -1.39. The van der Waals surface area contributed by atoms with E-state index in [0.29, 0.717) is 13.2 Å². The Morgan fingerprint density at radius 1 is 1.32 bits per heavy atom. The van der Waals surface area contributed by atoms with Crippen LogP contribution in [0.4, 0.5) is 0 Å². The predicted octanol–water partition coefficient (Wildman–Crippen LogP) is 3.48. The molecule has 0 fully saturated rings. The molecule has 0 aliphatic carbocycles. The number of hydrogen-bond donors (Lipinski definition) is 1. The van der Waals surface area contributed by atoms with Crippen molar-refractivity contribution in [2.45, 2.75) is 39.3 Å². The Balaban J connectivity index is 2.00. The highest BCUT2D eigenvalue weighted by Gasteiger charge is 2.17. The summed E-state index contributed by atoms with van der Waals surface area (Å²) < 4.78 is 5.75. The van der Waals surface area contributed by atoms with E-state index in [0.717, 1.165) is 22.0 Å². The number of nitrogens with zero attached hydrogens (tertiary/aromatic N) is 1. The molecule has 3 nitrogen and oxygen atoms in total. The van der Waals surface area contributed by atoms with Gasteiger partial charge in [0.25, 0.3) is 0 Å². The minimum Gasteiger partial charge on any atom is -0.487 e. The van der Waals surface area contributed by atoms with E-state index in [1.165, 1.54) is 0 Å². The van der Waals surface area contributed by atoms with Crippen molar-refractivity contribution in [2.75, 3.05) is 0 Å². The number of benzene rings is 1. The molecule has 0 atom stereocenters. The summed E-state index contributed by atoms with van der Waals surface area (Å²) in [4.78, 5) is 4.61. The summed E-state index contributed by atoms with van der Waals surface area (Å²) >= 11 is 1.69. The Bertz CT molecular complexity index is 543. The molecule has 0 amide bonds. The number of ether oxygens (including phenoxy) is 1. The second-order valence-electron chi connectivity index (χ2n) is 5.53. The van der Waals surface area contributed by atoms with Gasteiger partial charge in [0.15, 0.2) is 0 Å². The maximum absolute atomic E-state index is 5.75. The SMILES string of the molecule is CC(C)(C)c1nc(COc2cccc(CN)c2)cs1. The summed E-state index contributed by atoms with van der Waals surface area (Å²) in [6, 6.07) is 7.86. The van der Waals surface area contributed by atoms with Crippen LogP contribution in [0.25, 0.3) is 0 Å². The van der Waals surface area contributed by atoms with Crippen molar-refractivity contribution in [3.63, 3.8) is 0 Å². The molecule has 1 aromatic carbocycles. The van der Waals surface area contributed by atoms with E-state index in [4.69, 9.17) is 10.5 Å². The summed E-state index contributed by atoms with van der Waals surface area (Å²) in [6.45, 7) is 7.53. The first-order valence-electron chi connectivity index (χ1n) is 6.36. The van der Waals surface area contributed by atoms with Gasteiger partial charge in [0.2, 0.25) is 0 Å². The maximum Gasteiger partial charge on any atom is 0.131 e. The zero-order valence-corrected chi connectivity index (χ0v) is 12.5. The van der Waals surface area contributed by atoms with Crippen LogP contribution >= 0.6 is 11.3 Å². The molecule has 102 valence electrons. The standard InChI is InChI=1S/C15H20N2OS/c1-15(2,3)14-17-12(10-19-14)9-18-13-6-4-5-11(7-13)8-16/h4-7,10H,8-9,16H2,1-3H3. The summed E-state index contributed by atoms with van der Waals surface area (Å²) in [5.74, 6) is 0.841. The summed E-state index contributed by atoms with van der Waals surface area (Å²) in [6.07, 6.45) is 0. The van der Waals surface area contributed by atoms with Gasteiger partial charge in [-0.05, 0) is 17.7 Å². The molecule has 0 bridgehead atoms. The zero-order chi connectivity index (χ0) is 13.9. The summed E-state index contributed by atoms with van der Waals surface area (Å²) in [5, 5.41) is 3.20. The van der Waals surface area contributed by atoms with Gasteiger partial charge in [0.1, 0.15) is 12.4 Å². The molecule has 1 aromatic heterocycles. The van der Waals surface area contributed by atoms with Crippen molar-refractivity contribution < 1.29 is 4.74 Å². The third kappa shape index (κ3) is 3.78. The van der Waals surface area contributed by atoms with Crippen LogP contribution in [0, 0.1) is 0 Å². The van der Waals surface area contributed by atoms with E-state index in [-0.39, 0.29) is 5.41 Å². The lowest BCUT2D eigenvalue weighted by molar-refractivity contribution is 0.301. The number of rotatable bonds is 4. The fraction of sp³-hybridized carbons (Fsp3) is 0.400. The zero-order valence-electron chi connectivity index (χ0n) is 11.6. The van der Waals surface area contributed by atoms with Crippen LogP contribution in [-0.4, -0.2) is 4.98 Å². The van der Waals surface area contributed by atoms with E-state index < -0.39 is 0 Å². The first-order valence-corrected chi connectivity index (χ1v) is 7.23. The molecule has 2 aromatic rings. The quantitative estimate of drug-likeness (QED) is 0.930. The monoisotopic (exact) mass is 276 g/mol. The Kier molecular flexibility index (Phi) is 4.22. The van der Waals surface area contributed by atoms with E-state index in [2.05, 4.69) is 31.1 Å². The molecular formula is C15H20N2OS. The van der Waals surface area contributed by atoms with Crippen LogP contribution in [0.2, 0.25) is 0 Å². The van der Waals surface area contributed by atoms with Gasteiger partial charge in [-0.25, -0.2) is 4.98 Å². The third-order valence-electron chi connectivity index (χ3n) is 2.71. The van der Waals surface area contributed by atoms with Crippen molar-refractivity contribution >= 4 is 11.3 Å². The molecule has 1 heterocycles. The first-order chi connectivity index (χ1) is 8.99. The van der Waals surface area contributed by atoms with Gasteiger partial charge in [-0.15, -0.1) is 11.3 Å². The van der Waals surface area contributed by atoms with Crippen molar-refractivity contribution in [1.82, 2.24) is 4.98 Å². The van der Waals surface area contributed by atoms with Gasteiger partial charge in [-0.1, -0.05) is 32.9 Å². The average Bonchev–Trinajstić information content (AvgIpc) is 2.85. The van der Waals surface area contributed by atoms with Crippen molar-refractivity contribution in [2.24, 2.45) is 5.73 Å². The Morgan fingerprint density at radius 2 is 2.11 bits per heavy atom. The molecule has 0 radical (unpaired) electrons. The van der Waals surface area contributed by atoms with Crippen molar-refractivity contribution in [1.29, 1.82) is 0 Å². The largest absolute Gasteiger partial charge is 0.487 e. The van der Waals surface area contributed by atoms with E-state index in [1.807, 2.05) is 24.3 Å². The Labute approximate surface area is 118 Å². The molecule has 0 spiro atoms. The number of thiazole rings is 1. The molecule has 2 N–H and O–H groups in total. The van der Waals surface area contributed by atoms with Crippen LogP contribution in [0.5, 0.6) is 5.75 Å². The number of aromatic nitrogens is 1. The minimum absolute atomic E-state index is 0.0996. The van der Waals surface area contributed by atoms with Gasteiger partial charge < -0.3 is 10.5 Å². The van der Waals surface area contributed by atoms with Gasteiger partial charge in [0.05, 0.1) is 10.7 Å². The fourth-order valence-electron chi connectivity index (χ4n) is 1.64. The molecule has 2 rings (SSSR count). The highest BCUT2D eigenvalue weighted by molar-refractivity contribution is 7.09. The fourth-order valence-corrected chi connectivity index (χ4v) is 2.53. The molecule has 19 heavy (non-hydrogen) atoms. The van der Waals surface area contributed by atoms with E-state index in [1.54, 1.807) is 11.3 Å². The molecule has 0 saturated heterocycles. The van der Waals surface area contributed by atoms with Crippen molar-refractivity contribution in [3.05, 3.63) is 45.9 Å². The Morgan fingerprint density at radius 3 is 2.74 bits per heavy atom. The summed E-state index contributed by atoms with van der Waals surface area (Å²) in [7, 11) is 0. The minimum atomic E-state index is 0.0996. The van der Waals surface area contributed by atoms with Crippen LogP contribution < -0.4 is 10.5 Å². The lowest BCUT2D eigenvalue weighted by Crippen LogP contribution is -2.10. The smallest absolute Gasteiger partial charge is 0.131 e. The highest BCUT2D eigenvalue weighted by Crippen LogP contribution is 2.26. The van der Waals surface area contributed by atoms with Gasteiger partial charge in [-0.3, -0.25) is 0 Å². The number of hydrogen-bond acceptors (Lipinski definition) is 4. The first kappa shape index (κ1) is 14.0. The molecule has 0 aliphatic heterocycles. The van der Waals surface area contributed by atoms with Gasteiger partial charge >= 0.3 is 0 Å². The maximum atomic E-state index is 5.75. The molecule has 4 heteroatoms. The van der Waals surface area contributed by atoms with E-state index in [9.17, 15) is 0 Å². The topological polar surface area (TPSA) is 48.1 Å². The molecular weight excluding hydrogens is 256 g/mol. The van der Waals surface area contributed by atoms with Crippen LogP contribution in [-0.2, 0) is 18.6 Å².